The molecule has 9 nitrogen and oxygen atoms in total. The van der Waals surface area contributed by atoms with Gasteiger partial charge in [-0.3, -0.25) is 19.8 Å². The molecule has 1 aromatic carbocycles. The highest BCUT2D eigenvalue weighted by Gasteiger charge is 2.53. The summed E-state index contributed by atoms with van der Waals surface area (Å²) in [4.78, 5) is 42.8. The molecule has 2 aliphatic heterocycles. The van der Waals surface area contributed by atoms with Gasteiger partial charge in [0, 0.05) is 24.5 Å². The normalized spacial score (nSPS) is 25.3. The Balaban J connectivity index is 1.50. The summed E-state index contributed by atoms with van der Waals surface area (Å²) in [6.07, 6.45) is 1.38. The topological polar surface area (TPSA) is 106 Å². The summed E-state index contributed by atoms with van der Waals surface area (Å²) in [7, 11) is 0. The van der Waals surface area contributed by atoms with Crippen LogP contribution in [0.4, 0.5) is 10.1 Å². The van der Waals surface area contributed by atoms with Crippen LogP contribution < -0.4 is 16.1 Å². The highest BCUT2D eigenvalue weighted by Crippen LogP contribution is 2.41. The van der Waals surface area contributed by atoms with Crippen molar-refractivity contribution in [3.8, 4) is 0 Å². The standard InChI is InChI=1S/C25H35FN6O3S/c1-14(2)12-31-23(35)17-10-9-16(22(34)27-15(3)4)11-20(17)32-24(31)29-30-25(32)36-13-21(33)28-19-8-6-5-7-18(19)26/h5-8,14-17,20,24,29H,9-13H2,1-4H3,(H,27,34)(H,28,33). The molecule has 3 aliphatic rings. The summed E-state index contributed by atoms with van der Waals surface area (Å²) in [6, 6.07) is 5.88. The zero-order valence-electron chi connectivity index (χ0n) is 21.2. The molecule has 3 N–H and O–H groups in total. The number of para-hydroxylation sites is 1. The van der Waals surface area contributed by atoms with Crippen molar-refractivity contribution in [3.05, 3.63) is 30.1 Å². The van der Waals surface area contributed by atoms with Crippen molar-refractivity contribution in [1.29, 1.82) is 0 Å². The fourth-order valence-electron chi connectivity index (χ4n) is 5.17. The van der Waals surface area contributed by atoms with E-state index in [1.807, 2.05) is 18.7 Å². The SMILES string of the molecule is CC(C)CN1C(=O)C2CCC(C(=O)NC(C)C)CC2N2C(SCC(=O)Nc3ccccc3F)=NNC12. The van der Waals surface area contributed by atoms with Crippen LogP contribution in [-0.2, 0) is 14.4 Å². The third-order valence-corrected chi connectivity index (χ3v) is 7.64. The van der Waals surface area contributed by atoms with Gasteiger partial charge in [-0.05, 0) is 51.2 Å². The van der Waals surface area contributed by atoms with Crippen LogP contribution in [0.25, 0.3) is 0 Å². The van der Waals surface area contributed by atoms with Crippen LogP contribution in [0, 0.1) is 23.6 Å². The fourth-order valence-corrected chi connectivity index (χ4v) is 6.00. The van der Waals surface area contributed by atoms with Crippen molar-refractivity contribution >= 4 is 40.3 Å². The zero-order valence-corrected chi connectivity index (χ0v) is 22.0. The van der Waals surface area contributed by atoms with E-state index in [1.165, 1.54) is 23.9 Å². The Bertz CT molecular complexity index is 1030. The predicted molar refractivity (Wildman–Crippen MR) is 138 cm³/mol. The van der Waals surface area contributed by atoms with Gasteiger partial charge >= 0.3 is 0 Å². The van der Waals surface area contributed by atoms with Crippen molar-refractivity contribution in [2.45, 2.75) is 65.3 Å². The van der Waals surface area contributed by atoms with E-state index in [9.17, 15) is 18.8 Å². The second-order valence-electron chi connectivity index (χ2n) is 10.4. The molecule has 0 bridgehead atoms. The van der Waals surface area contributed by atoms with E-state index in [1.54, 1.807) is 12.1 Å². The number of carbonyl (C=O) groups excluding carboxylic acids is 3. The molecule has 11 heteroatoms. The van der Waals surface area contributed by atoms with E-state index >= 15 is 0 Å². The fraction of sp³-hybridized carbons (Fsp3) is 0.600. The van der Waals surface area contributed by atoms with Crippen molar-refractivity contribution < 1.29 is 18.8 Å². The number of hydrazone groups is 1. The number of hydrogen-bond acceptors (Lipinski definition) is 7. The van der Waals surface area contributed by atoms with Gasteiger partial charge in [0.1, 0.15) is 5.82 Å². The van der Waals surface area contributed by atoms with Crippen LogP contribution in [0.15, 0.2) is 29.4 Å². The highest BCUT2D eigenvalue weighted by molar-refractivity contribution is 8.14. The van der Waals surface area contributed by atoms with Crippen LogP contribution in [0.2, 0.25) is 0 Å². The molecule has 3 amide bonds. The molecule has 2 heterocycles. The molecule has 1 aromatic rings. The van der Waals surface area contributed by atoms with Crippen LogP contribution in [-0.4, -0.2) is 63.4 Å². The number of benzene rings is 1. The van der Waals surface area contributed by atoms with Gasteiger partial charge in [-0.1, -0.05) is 37.7 Å². The van der Waals surface area contributed by atoms with E-state index < -0.39 is 12.1 Å². The smallest absolute Gasteiger partial charge is 0.234 e. The summed E-state index contributed by atoms with van der Waals surface area (Å²) < 4.78 is 13.9. The maximum absolute atomic E-state index is 13.9. The maximum atomic E-state index is 13.9. The number of fused-ring (bicyclic) bond motifs is 3. The van der Waals surface area contributed by atoms with Crippen molar-refractivity contribution in [2.24, 2.45) is 22.9 Å². The molecule has 0 radical (unpaired) electrons. The molecule has 4 atom stereocenters. The Kier molecular flexibility index (Phi) is 8.07. The van der Waals surface area contributed by atoms with Gasteiger partial charge in [-0.15, -0.1) is 0 Å². The number of amides is 3. The third-order valence-electron chi connectivity index (χ3n) is 6.67. The number of anilines is 1. The maximum Gasteiger partial charge on any atom is 0.234 e. The predicted octanol–water partition coefficient (Wildman–Crippen LogP) is 2.76. The van der Waals surface area contributed by atoms with Crippen LogP contribution in [0.1, 0.15) is 47.0 Å². The first-order valence-corrected chi connectivity index (χ1v) is 13.5. The van der Waals surface area contributed by atoms with Gasteiger partial charge in [0.15, 0.2) is 11.5 Å². The molecule has 0 spiro atoms. The number of thioether (sulfide) groups is 1. The lowest BCUT2D eigenvalue weighted by Crippen LogP contribution is -2.68. The molecule has 1 saturated heterocycles. The Morgan fingerprint density at radius 2 is 1.97 bits per heavy atom. The molecule has 1 aliphatic carbocycles. The zero-order chi connectivity index (χ0) is 26.0. The number of halogens is 1. The minimum absolute atomic E-state index is 0.0135. The van der Waals surface area contributed by atoms with Crippen molar-refractivity contribution in [3.63, 3.8) is 0 Å². The molecule has 196 valence electrons. The molecule has 2 fully saturated rings. The van der Waals surface area contributed by atoms with Gasteiger partial charge in [0.05, 0.1) is 17.4 Å². The van der Waals surface area contributed by atoms with E-state index in [-0.39, 0.29) is 59.0 Å². The lowest BCUT2D eigenvalue weighted by atomic mass is 9.75. The van der Waals surface area contributed by atoms with Gasteiger partial charge in [-0.25, -0.2) is 4.39 Å². The first-order valence-electron chi connectivity index (χ1n) is 12.5. The Hall–Kier alpha value is -2.82. The summed E-state index contributed by atoms with van der Waals surface area (Å²) in [5.74, 6) is -0.863. The number of nitrogens with zero attached hydrogens (tertiary/aromatic N) is 3. The van der Waals surface area contributed by atoms with Gasteiger partial charge in [0.2, 0.25) is 17.7 Å². The lowest BCUT2D eigenvalue weighted by Gasteiger charge is -2.51. The average Bonchev–Trinajstić information content (AvgIpc) is 3.25. The lowest BCUT2D eigenvalue weighted by molar-refractivity contribution is -0.158. The number of hydrogen-bond donors (Lipinski definition) is 3. The Morgan fingerprint density at radius 1 is 1.22 bits per heavy atom. The third kappa shape index (κ3) is 5.61. The summed E-state index contributed by atoms with van der Waals surface area (Å²) >= 11 is 1.24. The quantitative estimate of drug-likeness (QED) is 0.513. The first-order chi connectivity index (χ1) is 17.2. The number of amidine groups is 1. The monoisotopic (exact) mass is 518 g/mol. The molecule has 0 aromatic heterocycles. The molecular formula is C25H35FN6O3S. The van der Waals surface area contributed by atoms with E-state index in [2.05, 4.69) is 39.9 Å². The van der Waals surface area contributed by atoms with E-state index in [4.69, 9.17) is 0 Å². The minimum Gasteiger partial charge on any atom is -0.354 e. The van der Waals surface area contributed by atoms with Gasteiger partial charge < -0.3 is 20.4 Å². The summed E-state index contributed by atoms with van der Waals surface area (Å²) in [5.41, 5.74) is 3.22. The second-order valence-corrected chi connectivity index (χ2v) is 11.3. The van der Waals surface area contributed by atoms with E-state index in [0.29, 0.717) is 31.0 Å². The van der Waals surface area contributed by atoms with Crippen LogP contribution in [0.5, 0.6) is 0 Å². The molecule has 4 rings (SSSR count). The van der Waals surface area contributed by atoms with E-state index in [0.717, 1.165) is 0 Å². The van der Waals surface area contributed by atoms with Crippen LogP contribution >= 0.6 is 11.8 Å². The number of rotatable bonds is 7. The number of carbonyl (C=O) groups is 3. The molecule has 4 unspecified atom stereocenters. The van der Waals surface area contributed by atoms with Crippen molar-refractivity contribution in [1.82, 2.24) is 20.5 Å². The summed E-state index contributed by atoms with van der Waals surface area (Å²) in [5, 5.41) is 10.7. The molecule has 1 saturated carbocycles. The largest absolute Gasteiger partial charge is 0.354 e. The first kappa shape index (κ1) is 26.2. The second kappa shape index (κ2) is 11.1. The number of nitrogens with one attached hydrogen (secondary N) is 3. The highest BCUT2D eigenvalue weighted by atomic mass is 32.2. The Morgan fingerprint density at radius 3 is 2.67 bits per heavy atom. The molecular weight excluding hydrogens is 483 g/mol. The minimum atomic E-state index is -0.495. The molecule has 36 heavy (non-hydrogen) atoms. The average molecular weight is 519 g/mol. The van der Waals surface area contributed by atoms with Gasteiger partial charge in [0.25, 0.3) is 0 Å². The van der Waals surface area contributed by atoms with Crippen molar-refractivity contribution in [2.75, 3.05) is 17.6 Å². The van der Waals surface area contributed by atoms with Crippen LogP contribution in [0.3, 0.4) is 0 Å². The Labute approximate surface area is 215 Å². The summed E-state index contributed by atoms with van der Waals surface area (Å²) in [6.45, 7) is 8.58. The van der Waals surface area contributed by atoms with Gasteiger partial charge in [-0.2, -0.15) is 5.10 Å².